The zero-order chi connectivity index (χ0) is 19.4. The Labute approximate surface area is 156 Å². The molecule has 0 radical (unpaired) electrons. The largest absolute Gasteiger partial charge is 0.436 e. The lowest BCUT2D eigenvalue weighted by Gasteiger charge is -2.11. The van der Waals surface area contributed by atoms with Crippen molar-refractivity contribution in [3.8, 4) is 0 Å². The molecule has 1 N–H and O–H groups in total. The standard InChI is InChI=1S/C14H11BrF3N5O2S/c1-5-4-7-12(26-5)19-6(2)23(13(7)25)21-11(24)9-8(15)10(14(16,17)18)20-22(9)3/h4H,1-3H3,(H,21,24). The molecule has 3 heterocycles. The maximum absolute atomic E-state index is 12.9. The number of rotatable bonds is 2. The Morgan fingerprint density at radius 3 is 2.58 bits per heavy atom. The van der Waals surface area contributed by atoms with Crippen LogP contribution in [0.15, 0.2) is 15.3 Å². The van der Waals surface area contributed by atoms with E-state index in [1.807, 2.05) is 6.92 Å². The smallest absolute Gasteiger partial charge is 0.267 e. The van der Waals surface area contributed by atoms with Crippen LogP contribution in [0.4, 0.5) is 13.2 Å². The Hall–Kier alpha value is -2.21. The number of aryl methyl sites for hydroxylation is 3. The number of amides is 1. The number of nitrogens with one attached hydrogen (secondary N) is 1. The molecule has 138 valence electrons. The number of fused-ring (bicyclic) bond motifs is 1. The lowest BCUT2D eigenvalue weighted by molar-refractivity contribution is -0.142. The van der Waals surface area contributed by atoms with E-state index in [0.29, 0.717) is 10.2 Å². The molecule has 3 aromatic heterocycles. The molecule has 3 rings (SSSR count). The van der Waals surface area contributed by atoms with E-state index in [2.05, 4.69) is 31.4 Å². The topological polar surface area (TPSA) is 81.8 Å². The van der Waals surface area contributed by atoms with Crippen LogP contribution in [0, 0.1) is 13.8 Å². The van der Waals surface area contributed by atoms with E-state index in [0.717, 1.165) is 14.2 Å². The number of alkyl halides is 3. The van der Waals surface area contributed by atoms with Crippen LogP contribution in [0.1, 0.15) is 26.9 Å². The number of nitrogens with zero attached hydrogens (tertiary/aromatic N) is 4. The highest BCUT2D eigenvalue weighted by molar-refractivity contribution is 9.10. The average Bonchev–Trinajstić information content (AvgIpc) is 3.02. The maximum atomic E-state index is 12.9. The van der Waals surface area contributed by atoms with Crippen molar-refractivity contribution in [2.45, 2.75) is 20.0 Å². The van der Waals surface area contributed by atoms with Crippen LogP contribution in [0.25, 0.3) is 10.2 Å². The minimum absolute atomic E-state index is 0.201. The molecule has 12 heteroatoms. The maximum Gasteiger partial charge on any atom is 0.436 e. The molecule has 0 saturated heterocycles. The average molecular weight is 450 g/mol. The Kier molecular flexibility index (Phi) is 4.43. The summed E-state index contributed by atoms with van der Waals surface area (Å²) in [6.45, 7) is 3.32. The van der Waals surface area contributed by atoms with Gasteiger partial charge in [0, 0.05) is 11.9 Å². The fraction of sp³-hybridized carbons (Fsp3) is 0.286. The molecule has 0 atom stereocenters. The van der Waals surface area contributed by atoms with E-state index in [1.54, 1.807) is 6.07 Å². The van der Waals surface area contributed by atoms with Crippen molar-refractivity contribution < 1.29 is 18.0 Å². The van der Waals surface area contributed by atoms with Gasteiger partial charge in [-0.05, 0) is 35.8 Å². The minimum atomic E-state index is -4.73. The Morgan fingerprint density at radius 2 is 2.00 bits per heavy atom. The lowest BCUT2D eigenvalue weighted by Crippen LogP contribution is -2.36. The van der Waals surface area contributed by atoms with E-state index in [1.165, 1.54) is 25.3 Å². The molecule has 0 aliphatic heterocycles. The highest BCUT2D eigenvalue weighted by Gasteiger charge is 2.39. The summed E-state index contributed by atoms with van der Waals surface area (Å²) in [5.41, 5.74) is 0.182. The third-order valence-electron chi connectivity index (χ3n) is 3.54. The Bertz CT molecular complexity index is 1100. The van der Waals surface area contributed by atoms with Gasteiger partial charge < -0.3 is 0 Å². The zero-order valence-corrected chi connectivity index (χ0v) is 16.0. The number of carbonyl (C=O) groups excluding carboxylic acids is 1. The predicted molar refractivity (Wildman–Crippen MR) is 93.0 cm³/mol. The number of halogens is 4. The first-order valence-electron chi connectivity index (χ1n) is 7.11. The third kappa shape index (κ3) is 3.03. The molecule has 7 nitrogen and oxygen atoms in total. The van der Waals surface area contributed by atoms with Crippen LogP contribution in [-0.4, -0.2) is 25.3 Å². The molecule has 0 unspecified atom stereocenters. The Balaban J connectivity index is 2.06. The van der Waals surface area contributed by atoms with E-state index in [9.17, 15) is 22.8 Å². The van der Waals surface area contributed by atoms with Crippen molar-refractivity contribution in [3.05, 3.63) is 43.0 Å². The second-order valence-electron chi connectivity index (χ2n) is 5.45. The van der Waals surface area contributed by atoms with Crippen molar-refractivity contribution in [2.75, 3.05) is 5.43 Å². The molecular weight excluding hydrogens is 439 g/mol. The van der Waals surface area contributed by atoms with Crippen molar-refractivity contribution >= 4 is 43.4 Å². The number of hydrogen-bond donors (Lipinski definition) is 1. The van der Waals surface area contributed by atoms with Crippen LogP contribution >= 0.6 is 27.3 Å². The molecular formula is C14H11BrF3N5O2S. The second kappa shape index (κ2) is 6.20. The van der Waals surface area contributed by atoms with Gasteiger partial charge in [0.1, 0.15) is 16.3 Å². The summed E-state index contributed by atoms with van der Waals surface area (Å²) < 4.78 is 40.0. The highest BCUT2D eigenvalue weighted by Crippen LogP contribution is 2.35. The van der Waals surface area contributed by atoms with Crippen molar-refractivity contribution in [3.63, 3.8) is 0 Å². The van der Waals surface area contributed by atoms with Crippen LogP contribution in [-0.2, 0) is 13.2 Å². The molecule has 1 amide bonds. The van der Waals surface area contributed by atoms with Gasteiger partial charge in [0.05, 0.1) is 9.86 Å². The van der Waals surface area contributed by atoms with Crippen LogP contribution in [0.5, 0.6) is 0 Å². The van der Waals surface area contributed by atoms with Crippen molar-refractivity contribution in [2.24, 2.45) is 7.05 Å². The summed E-state index contributed by atoms with van der Waals surface area (Å²) in [5, 5.41) is 3.64. The quantitative estimate of drug-likeness (QED) is 0.651. The van der Waals surface area contributed by atoms with E-state index in [4.69, 9.17) is 0 Å². The van der Waals surface area contributed by atoms with E-state index >= 15 is 0 Å². The fourth-order valence-corrected chi connectivity index (χ4v) is 4.07. The predicted octanol–water partition coefficient (Wildman–Crippen LogP) is 2.97. The summed E-state index contributed by atoms with van der Waals surface area (Å²) in [6, 6.07) is 1.64. The first kappa shape index (κ1) is 18.6. The van der Waals surface area contributed by atoms with Crippen LogP contribution < -0.4 is 11.0 Å². The second-order valence-corrected chi connectivity index (χ2v) is 7.48. The monoisotopic (exact) mass is 449 g/mol. The van der Waals surface area contributed by atoms with Gasteiger partial charge in [-0.15, -0.1) is 11.3 Å². The molecule has 0 aliphatic rings. The molecule has 0 spiro atoms. The molecule has 0 aromatic carbocycles. The van der Waals surface area contributed by atoms with E-state index < -0.39 is 27.8 Å². The van der Waals surface area contributed by atoms with Gasteiger partial charge in [-0.3, -0.25) is 19.7 Å². The van der Waals surface area contributed by atoms with Crippen molar-refractivity contribution in [1.82, 2.24) is 19.4 Å². The van der Waals surface area contributed by atoms with Crippen molar-refractivity contribution in [1.29, 1.82) is 0 Å². The SMILES string of the molecule is Cc1cc2c(=O)n(NC(=O)c3c(Br)c(C(F)(F)F)nn3C)c(C)nc2s1. The number of carbonyl (C=O) groups is 1. The summed E-state index contributed by atoms with van der Waals surface area (Å²) >= 11 is 4.10. The van der Waals surface area contributed by atoms with Gasteiger partial charge in [-0.1, -0.05) is 0 Å². The van der Waals surface area contributed by atoms with E-state index in [-0.39, 0.29) is 11.5 Å². The van der Waals surface area contributed by atoms with Gasteiger partial charge >= 0.3 is 6.18 Å². The normalized spacial score (nSPS) is 12.0. The summed E-state index contributed by atoms with van der Waals surface area (Å²) in [4.78, 5) is 30.7. The van der Waals surface area contributed by atoms with Gasteiger partial charge in [0.15, 0.2) is 5.69 Å². The van der Waals surface area contributed by atoms with Gasteiger partial charge in [-0.2, -0.15) is 18.3 Å². The number of aromatic nitrogens is 4. The van der Waals surface area contributed by atoms with Crippen LogP contribution in [0.3, 0.4) is 0 Å². The minimum Gasteiger partial charge on any atom is -0.267 e. The molecule has 3 aromatic rings. The molecule has 0 bridgehead atoms. The molecule has 0 saturated carbocycles. The first-order chi connectivity index (χ1) is 12.0. The molecule has 26 heavy (non-hydrogen) atoms. The summed E-state index contributed by atoms with van der Waals surface area (Å²) in [7, 11) is 1.20. The van der Waals surface area contributed by atoms with Gasteiger partial charge in [0.25, 0.3) is 11.5 Å². The first-order valence-corrected chi connectivity index (χ1v) is 8.72. The summed E-state index contributed by atoms with van der Waals surface area (Å²) in [5.74, 6) is -0.729. The highest BCUT2D eigenvalue weighted by atomic mass is 79.9. The molecule has 0 aliphatic carbocycles. The molecule has 0 fully saturated rings. The zero-order valence-electron chi connectivity index (χ0n) is 13.6. The fourth-order valence-electron chi connectivity index (χ4n) is 2.41. The summed E-state index contributed by atoms with van der Waals surface area (Å²) in [6.07, 6.45) is -4.73. The number of thiophene rings is 1. The van der Waals surface area contributed by atoms with Crippen LogP contribution in [0.2, 0.25) is 0 Å². The van der Waals surface area contributed by atoms with Gasteiger partial charge in [-0.25, -0.2) is 9.66 Å². The number of hydrogen-bond acceptors (Lipinski definition) is 5. The Morgan fingerprint density at radius 1 is 1.35 bits per heavy atom. The van der Waals surface area contributed by atoms with Gasteiger partial charge in [0.2, 0.25) is 0 Å². The third-order valence-corrected chi connectivity index (χ3v) is 5.24. The lowest BCUT2D eigenvalue weighted by atomic mass is 10.3.